The first kappa shape index (κ1) is 26.7. The van der Waals surface area contributed by atoms with Gasteiger partial charge in [0.2, 0.25) is 17.8 Å². The molecule has 0 aliphatic carbocycles. The number of thioether (sulfide) groups is 1. The molecule has 38 heavy (non-hydrogen) atoms. The zero-order chi connectivity index (χ0) is 27.4. The molecule has 2 aliphatic rings. The monoisotopic (exact) mass is 560 g/mol. The third kappa shape index (κ3) is 5.47. The highest BCUT2D eigenvalue weighted by molar-refractivity contribution is 8.00. The van der Waals surface area contributed by atoms with Crippen LogP contribution < -0.4 is 26.0 Å². The maximum atomic E-state index is 13.0. The van der Waals surface area contributed by atoms with Crippen molar-refractivity contribution in [2.24, 2.45) is 5.16 Å². The van der Waals surface area contributed by atoms with E-state index in [0.29, 0.717) is 11.3 Å². The number of hydrogen-bond acceptors (Lipinski definition) is 13. The van der Waals surface area contributed by atoms with E-state index in [2.05, 4.69) is 25.1 Å². The molecule has 0 radical (unpaired) electrons. The van der Waals surface area contributed by atoms with Gasteiger partial charge in [0.1, 0.15) is 23.7 Å². The van der Waals surface area contributed by atoms with Crippen LogP contribution in [0.2, 0.25) is 0 Å². The number of aldehydes is 1. The van der Waals surface area contributed by atoms with E-state index in [9.17, 15) is 29.1 Å². The van der Waals surface area contributed by atoms with Gasteiger partial charge in [-0.05, 0) is 13.0 Å². The molecule has 1 fully saturated rings. The maximum absolute atomic E-state index is 13.0. The standard InChI is InChI=1S/C21H20N8O7S2/c1-2-36-26-13(16-25-21(22)38-27-16)17(32)24-14-18(33)29-15(20(34)35)10(9-37-19(14)29)6-28-5-3-4-11(7-28)23-12(31)8-30/h3-5,7-8,14,19H,2,6,9H2,1H3,(H4-,22,23,24,25,27,31,32,34,35)/t14?,19-/m0/s1. The van der Waals surface area contributed by atoms with E-state index in [4.69, 9.17) is 10.6 Å². The highest BCUT2D eigenvalue weighted by Gasteiger charge is 2.53. The third-order valence-electron chi connectivity index (χ3n) is 5.29. The van der Waals surface area contributed by atoms with E-state index in [1.807, 2.05) is 0 Å². The Kier molecular flexibility index (Phi) is 7.96. The Balaban J connectivity index is 1.52. The summed E-state index contributed by atoms with van der Waals surface area (Å²) in [5.41, 5.74) is 5.73. The molecule has 4 heterocycles. The fourth-order valence-corrected chi connectivity index (χ4v) is 5.50. The van der Waals surface area contributed by atoms with Crippen molar-refractivity contribution in [3.05, 3.63) is 41.6 Å². The van der Waals surface area contributed by atoms with E-state index < -0.39 is 35.1 Å². The van der Waals surface area contributed by atoms with Gasteiger partial charge >= 0.3 is 0 Å². The number of carbonyl (C=O) groups is 5. The topological polar surface area (TPSA) is 213 Å². The van der Waals surface area contributed by atoms with Gasteiger partial charge in [-0.15, -0.1) is 11.8 Å². The predicted octanol–water partition coefficient (Wildman–Crippen LogP) is -2.61. The van der Waals surface area contributed by atoms with Gasteiger partial charge in [0.05, 0.1) is 11.7 Å². The highest BCUT2D eigenvalue weighted by Crippen LogP contribution is 2.40. The number of carbonyl (C=O) groups excluding carboxylic acids is 5. The number of nitrogens with zero attached hydrogens (tertiary/aromatic N) is 5. The quantitative estimate of drug-likeness (QED) is 0.0684. The van der Waals surface area contributed by atoms with Gasteiger partial charge < -0.3 is 31.1 Å². The Morgan fingerprint density at radius 3 is 2.87 bits per heavy atom. The van der Waals surface area contributed by atoms with Gasteiger partial charge in [0.25, 0.3) is 17.7 Å². The SMILES string of the molecule is CCON=C(C(=O)NC1C(=O)N2C(C(=O)[O-])=C(C[n+]3cccc(NC(=O)C=O)c3)CS[C@@H]12)c1nsc(N)n1. The van der Waals surface area contributed by atoms with Crippen molar-refractivity contribution in [3.8, 4) is 0 Å². The molecule has 1 unspecified atom stereocenters. The molecule has 2 aromatic heterocycles. The van der Waals surface area contributed by atoms with E-state index in [0.717, 1.165) is 16.4 Å². The molecule has 2 aromatic rings. The van der Waals surface area contributed by atoms with Crippen LogP contribution in [0.25, 0.3) is 0 Å². The fourth-order valence-electron chi connectivity index (χ4n) is 3.73. The Hall–Kier alpha value is -4.38. The largest absolute Gasteiger partial charge is 0.543 e. The van der Waals surface area contributed by atoms with Gasteiger partial charge in [0.15, 0.2) is 24.1 Å². The number of carboxylic acids is 1. The molecule has 17 heteroatoms. The highest BCUT2D eigenvalue weighted by atomic mass is 32.2. The second kappa shape index (κ2) is 11.3. The van der Waals surface area contributed by atoms with Crippen LogP contribution >= 0.6 is 23.3 Å². The lowest BCUT2D eigenvalue weighted by molar-refractivity contribution is -0.688. The van der Waals surface area contributed by atoms with E-state index in [1.54, 1.807) is 29.8 Å². The summed E-state index contributed by atoms with van der Waals surface area (Å²) in [6.07, 6.45) is 3.27. The van der Waals surface area contributed by atoms with Gasteiger partial charge in [-0.3, -0.25) is 24.1 Å². The van der Waals surface area contributed by atoms with Crippen molar-refractivity contribution in [3.63, 3.8) is 0 Å². The number of anilines is 2. The summed E-state index contributed by atoms with van der Waals surface area (Å²) in [5.74, 6) is -3.67. The number of fused-ring (bicyclic) bond motifs is 1. The fraction of sp³-hybridized carbons (Fsp3) is 0.286. The number of β-lactam (4-membered cyclic amide) rings is 1. The lowest BCUT2D eigenvalue weighted by Gasteiger charge is -2.50. The average Bonchev–Trinajstić information content (AvgIpc) is 3.32. The molecule has 4 rings (SSSR count). The van der Waals surface area contributed by atoms with Gasteiger partial charge in [-0.1, -0.05) is 5.16 Å². The van der Waals surface area contributed by atoms with E-state index in [-0.39, 0.29) is 47.6 Å². The number of nitrogen functional groups attached to an aromatic ring is 1. The maximum Gasteiger partial charge on any atom is 0.288 e. The smallest absolute Gasteiger partial charge is 0.288 e. The molecule has 0 spiro atoms. The van der Waals surface area contributed by atoms with Crippen LogP contribution in [0.15, 0.2) is 41.0 Å². The number of aromatic nitrogens is 3. The van der Waals surface area contributed by atoms with Crippen LogP contribution in [0.3, 0.4) is 0 Å². The molecule has 0 bridgehead atoms. The molecule has 2 aliphatic heterocycles. The first-order chi connectivity index (χ1) is 18.2. The van der Waals surface area contributed by atoms with Crippen molar-refractivity contribution in [2.75, 3.05) is 23.4 Å². The Bertz CT molecular complexity index is 1370. The second-order valence-electron chi connectivity index (χ2n) is 7.79. The summed E-state index contributed by atoms with van der Waals surface area (Å²) in [6.45, 7) is 1.89. The summed E-state index contributed by atoms with van der Waals surface area (Å²) in [6, 6.07) is 2.12. The predicted molar refractivity (Wildman–Crippen MR) is 131 cm³/mol. The van der Waals surface area contributed by atoms with Gasteiger partial charge in [-0.25, -0.2) is 0 Å². The van der Waals surface area contributed by atoms with Crippen molar-refractivity contribution < 1.29 is 38.5 Å². The number of hydrogen-bond donors (Lipinski definition) is 3. The van der Waals surface area contributed by atoms with Crippen LogP contribution in [0, 0.1) is 0 Å². The average molecular weight is 561 g/mol. The summed E-state index contributed by atoms with van der Waals surface area (Å²) < 4.78 is 5.54. The molecule has 0 aromatic carbocycles. The summed E-state index contributed by atoms with van der Waals surface area (Å²) >= 11 is 2.11. The van der Waals surface area contributed by atoms with E-state index in [1.165, 1.54) is 18.0 Å². The van der Waals surface area contributed by atoms with Crippen molar-refractivity contribution in [1.82, 2.24) is 19.6 Å². The van der Waals surface area contributed by atoms with Crippen LogP contribution in [0.4, 0.5) is 10.8 Å². The number of nitrogens with one attached hydrogen (secondary N) is 2. The normalized spacial score (nSPS) is 18.8. The van der Waals surface area contributed by atoms with E-state index >= 15 is 0 Å². The minimum atomic E-state index is -1.55. The van der Waals surface area contributed by atoms with Crippen molar-refractivity contribution in [1.29, 1.82) is 0 Å². The van der Waals surface area contributed by atoms with Crippen LogP contribution in [-0.2, 0) is 35.4 Å². The Labute approximate surface area is 222 Å². The van der Waals surface area contributed by atoms with Crippen molar-refractivity contribution in [2.45, 2.75) is 24.9 Å². The van der Waals surface area contributed by atoms with Crippen molar-refractivity contribution >= 4 is 69.8 Å². The number of carboxylic acid groups (broad SMARTS) is 1. The number of nitrogens with two attached hydrogens (primary N) is 1. The van der Waals surface area contributed by atoms with Gasteiger partial charge in [-0.2, -0.15) is 13.9 Å². The Morgan fingerprint density at radius 1 is 1.42 bits per heavy atom. The first-order valence-corrected chi connectivity index (χ1v) is 12.8. The zero-order valence-electron chi connectivity index (χ0n) is 19.7. The first-order valence-electron chi connectivity index (χ1n) is 11.0. The number of rotatable bonds is 10. The third-order valence-corrected chi connectivity index (χ3v) is 7.17. The van der Waals surface area contributed by atoms with Crippen LogP contribution in [0.1, 0.15) is 12.7 Å². The Morgan fingerprint density at radius 2 is 2.21 bits per heavy atom. The molecule has 15 nitrogen and oxygen atoms in total. The molecule has 198 valence electrons. The number of amides is 3. The molecular weight excluding hydrogens is 540 g/mol. The van der Waals surface area contributed by atoms with Crippen LogP contribution in [0.5, 0.6) is 0 Å². The lowest BCUT2D eigenvalue weighted by atomic mass is 10.0. The summed E-state index contributed by atoms with van der Waals surface area (Å²) in [5, 5.41) is 20.1. The zero-order valence-corrected chi connectivity index (χ0v) is 21.3. The summed E-state index contributed by atoms with van der Waals surface area (Å²) in [7, 11) is 0. The molecular formula is C21H20N8O7S2. The molecule has 0 saturated carbocycles. The van der Waals surface area contributed by atoms with Gasteiger partial charge in [0, 0.05) is 28.9 Å². The number of oxime groups is 1. The molecule has 4 N–H and O–H groups in total. The number of pyridine rings is 1. The minimum Gasteiger partial charge on any atom is -0.543 e. The molecule has 3 amide bonds. The number of aliphatic carboxylic acids is 1. The molecule has 2 atom stereocenters. The van der Waals surface area contributed by atoms with Crippen LogP contribution in [-0.4, -0.2) is 73.7 Å². The lowest BCUT2D eigenvalue weighted by Crippen LogP contribution is -2.71. The second-order valence-corrected chi connectivity index (χ2v) is 9.67. The summed E-state index contributed by atoms with van der Waals surface area (Å²) in [4.78, 5) is 69.9. The molecule has 1 saturated heterocycles. The minimum absolute atomic E-state index is 0.0662.